The van der Waals surface area contributed by atoms with Crippen molar-refractivity contribution >= 4 is 22.4 Å². The number of anilines is 1. The Kier molecular flexibility index (Phi) is 2.39. The average Bonchev–Trinajstić information content (AvgIpc) is 2.25. The largest absolute Gasteiger partial charge is 0.397 e. The number of nitrogen functional groups attached to an aromatic ring is 1. The lowest BCUT2D eigenvalue weighted by atomic mass is 9.75. The van der Waals surface area contributed by atoms with Crippen molar-refractivity contribution in [2.24, 2.45) is 5.41 Å². The number of hydrogen-bond acceptors (Lipinski definition) is 3. The van der Waals surface area contributed by atoms with Crippen molar-refractivity contribution in [3.63, 3.8) is 0 Å². The van der Waals surface area contributed by atoms with E-state index in [1.54, 1.807) is 12.1 Å². The highest BCUT2D eigenvalue weighted by Crippen LogP contribution is 2.38. The van der Waals surface area contributed by atoms with Crippen molar-refractivity contribution in [2.45, 2.75) is 26.7 Å². The van der Waals surface area contributed by atoms with E-state index < -0.39 is 5.82 Å². The van der Waals surface area contributed by atoms with E-state index in [1.165, 1.54) is 6.07 Å². The molecule has 0 atom stereocenters. The Hall–Kier alpha value is -1.97. The van der Waals surface area contributed by atoms with E-state index in [-0.39, 0.29) is 22.3 Å². The van der Waals surface area contributed by atoms with Gasteiger partial charge in [0.25, 0.3) is 0 Å². The summed E-state index contributed by atoms with van der Waals surface area (Å²) in [5, 5.41) is 0.259. The molecule has 0 saturated heterocycles. The van der Waals surface area contributed by atoms with Gasteiger partial charge in [-0.3, -0.25) is 9.78 Å². The summed E-state index contributed by atoms with van der Waals surface area (Å²) in [6, 6.07) is 4.66. The molecule has 2 aromatic rings. The van der Waals surface area contributed by atoms with Crippen LogP contribution < -0.4 is 5.73 Å². The molecule has 4 heteroatoms. The predicted molar refractivity (Wildman–Crippen MR) is 72.5 cm³/mol. The fraction of sp³-hybridized carbons (Fsp3) is 0.333. The van der Waals surface area contributed by atoms with Crippen LogP contribution in [0.3, 0.4) is 0 Å². The van der Waals surface area contributed by atoms with E-state index >= 15 is 0 Å². The molecule has 1 aliphatic rings. The topological polar surface area (TPSA) is 56.0 Å². The van der Waals surface area contributed by atoms with Gasteiger partial charge in [0.05, 0.1) is 27.8 Å². The number of nitrogens with two attached hydrogens (primary N) is 1. The maximum Gasteiger partial charge on any atom is 0.167 e. The third-order valence-corrected chi connectivity index (χ3v) is 3.64. The van der Waals surface area contributed by atoms with Crippen molar-refractivity contribution in [2.75, 3.05) is 5.73 Å². The highest BCUT2D eigenvalue weighted by Gasteiger charge is 2.34. The molecule has 1 aromatic heterocycles. The maximum absolute atomic E-state index is 13.9. The molecular formula is C15H15FN2O. The van der Waals surface area contributed by atoms with Crippen LogP contribution in [0.5, 0.6) is 0 Å². The normalized spacial score (nSPS) is 17.5. The summed E-state index contributed by atoms with van der Waals surface area (Å²) < 4.78 is 13.9. The maximum atomic E-state index is 13.9. The number of fused-ring (bicyclic) bond motifs is 2. The Labute approximate surface area is 110 Å². The van der Waals surface area contributed by atoms with Gasteiger partial charge in [-0.25, -0.2) is 4.39 Å². The number of halogens is 1. The Balaban J connectivity index is 2.37. The molecule has 0 bridgehead atoms. The second-order valence-corrected chi connectivity index (χ2v) is 5.92. The van der Waals surface area contributed by atoms with Gasteiger partial charge in [-0.1, -0.05) is 19.9 Å². The molecule has 0 fully saturated rings. The molecule has 3 rings (SSSR count). The van der Waals surface area contributed by atoms with Gasteiger partial charge in [0.15, 0.2) is 5.78 Å². The molecule has 0 radical (unpaired) electrons. The zero-order chi connectivity index (χ0) is 13.8. The molecule has 0 amide bonds. The lowest BCUT2D eigenvalue weighted by molar-refractivity contribution is 0.0912. The summed E-state index contributed by atoms with van der Waals surface area (Å²) in [5.74, 6) is -0.468. The number of Topliss-reactive ketones (excluding diaryl/α,β-unsaturated/α-hetero) is 1. The lowest BCUT2D eigenvalue weighted by Crippen LogP contribution is -2.29. The van der Waals surface area contributed by atoms with Crippen molar-refractivity contribution in [3.05, 3.63) is 35.3 Å². The number of carbonyl (C=O) groups is 1. The van der Waals surface area contributed by atoms with Gasteiger partial charge < -0.3 is 5.73 Å². The van der Waals surface area contributed by atoms with Gasteiger partial charge in [0.1, 0.15) is 5.82 Å². The quantitative estimate of drug-likeness (QED) is 0.790. The van der Waals surface area contributed by atoms with Crippen LogP contribution >= 0.6 is 0 Å². The van der Waals surface area contributed by atoms with Gasteiger partial charge in [-0.15, -0.1) is 0 Å². The first-order valence-corrected chi connectivity index (χ1v) is 6.29. The van der Waals surface area contributed by atoms with E-state index in [9.17, 15) is 9.18 Å². The van der Waals surface area contributed by atoms with E-state index in [4.69, 9.17) is 5.73 Å². The van der Waals surface area contributed by atoms with E-state index in [1.807, 2.05) is 13.8 Å². The number of nitrogens with zero attached hydrogens (tertiary/aromatic N) is 1. The van der Waals surface area contributed by atoms with E-state index in [2.05, 4.69) is 4.98 Å². The number of carbonyl (C=O) groups excluding carboxylic acids is 1. The molecule has 1 aromatic carbocycles. The number of benzene rings is 1. The van der Waals surface area contributed by atoms with Gasteiger partial charge in [0, 0.05) is 6.42 Å². The van der Waals surface area contributed by atoms with Crippen LogP contribution in [0.15, 0.2) is 18.2 Å². The number of ketones is 1. The number of rotatable bonds is 0. The molecule has 3 nitrogen and oxygen atoms in total. The highest BCUT2D eigenvalue weighted by molar-refractivity contribution is 6.09. The minimum atomic E-state index is -0.428. The highest BCUT2D eigenvalue weighted by atomic mass is 19.1. The molecule has 0 saturated carbocycles. The second kappa shape index (κ2) is 3.76. The average molecular weight is 258 g/mol. The van der Waals surface area contributed by atoms with Gasteiger partial charge in [-0.2, -0.15) is 0 Å². The third-order valence-electron chi connectivity index (χ3n) is 3.64. The summed E-state index contributed by atoms with van der Waals surface area (Å²) in [4.78, 5) is 16.7. The summed E-state index contributed by atoms with van der Waals surface area (Å²) in [5.41, 5.74) is 7.75. The Morgan fingerprint density at radius 2 is 2.05 bits per heavy atom. The third kappa shape index (κ3) is 1.79. The van der Waals surface area contributed by atoms with Crippen molar-refractivity contribution < 1.29 is 9.18 Å². The van der Waals surface area contributed by atoms with E-state index in [0.29, 0.717) is 29.6 Å². The van der Waals surface area contributed by atoms with E-state index in [0.717, 1.165) is 0 Å². The monoisotopic (exact) mass is 258 g/mol. The minimum Gasteiger partial charge on any atom is -0.397 e. The number of hydrogen-bond donors (Lipinski definition) is 1. The second-order valence-electron chi connectivity index (χ2n) is 5.92. The fourth-order valence-electron chi connectivity index (χ4n) is 2.83. The number of aromatic nitrogens is 1. The Bertz CT molecular complexity index is 707. The molecule has 0 spiro atoms. The fourth-order valence-corrected chi connectivity index (χ4v) is 2.83. The van der Waals surface area contributed by atoms with Crippen LogP contribution in [0.1, 0.15) is 36.3 Å². The van der Waals surface area contributed by atoms with Gasteiger partial charge in [-0.05, 0) is 24.0 Å². The van der Waals surface area contributed by atoms with Crippen LogP contribution in [0, 0.1) is 11.2 Å². The molecule has 0 unspecified atom stereocenters. The molecule has 19 heavy (non-hydrogen) atoms. The summed E-state index contributed by atoms with van der Waals surface area (Å²) >= 11 is 0. The zero-order valence-electron chi connectivity index (χ0n) is 11.0. The Morgan fingerprint density at radius 3 is 2.79 bits per heavy atom. The van der Waals surface area contributed by atoms with Gasteiger partial charge in [0.2, 0.25) is 0 Å². The van der Waals surface area contributed by atoms with Crippen LogP contribution in [0.25, 0.3) is 10.9 Å². The predicted octanol–water partition coefficient (Wildman–Crippen LogP) is 3.11. The summed E-state index contributed by atoms with van der Waals surface area (Å²) in [6.07, 6.45) is 1.11. The van der Waals surface area contributed by atoms with Crippen LogP contribution in [0.2, 0.25) is 0 Å². The lowest BCUT2D eigenvalue weighted by Gasteiger charge is -2.30. The van der Waals surface area contributed by atoms with Crippen molar-refractivity contribution in [1.29, 1.82) is 0 Å². The first-order chi connectivity index (χ1) is 8.89. The Morgan fingerprint density at radius 1 is 1.32 bits per heavy atom. The number of pyridine rings is 1. The first kappa shape index (κ1) is 12.1. The molecule has 0 aliphatic heterocycles. The van der Waals surface area contributed by atoms with Crippen molar-refractivity contribution in [3.8, 4) is 0 Å². The van der Waals surface area contributed by atoms with Gasteiger partial charge >= 0.3 is 0 Å². The van der Waals surface area contributed by atoms with Crippen LogP contribution in [-0.4, -0.2) is 10.8 Å². The van der Waals surface area contributed by atoms with Crippen LogP contribution in [0.4, 0.5) is 10.1 Å². The molecular weight excluding hydrogens is 243 g/mol. The minimum absolute atomic E-state index is 0.0404. The molecule has 1 heterocycles. The first-order valence-electron chi connectivity index (χ1n) is 6.29. The summed E-state index contributed by atoms with van der Waals surface area (Å²) in [6.45, 7) is 4.06. The van der Waals surface area contributed by atoms with Crippen molar-refractivity contribution in [1.82, 2.24) is 4.98 Å². The molecule has 1 aliphatic carbocycles. The van der Waals surface area contributed by atoms with Crippen LogP contribution in [-0.2, 0) is 6.42 Å². The summed E-state index contributed by atoms with van der Waals surface area (Å²) in [7, 11) is 0. The standard InChI is InChI=1S/C15H15FN2O/c1-15(2)6-10-13(11(19)7-15)14(17)12-8(16)4-3-5-9(12)18-10/h3-5H,6-7H2,1-2H3,(H2,17,18). The smallest absolute Gasteiger partial charge is 0.167 e. The molecule has 98 valence electrons. The SMILES string of the molecule is CC1(C)CC(=O)c2c(nc3cccc(F)c3c2N)C1. The molecule has 2 N–H and O–H groups in total. The zero-order valence-corrected chi connectivity index (χ0v) is 11.0.